The van der Waals surface area contributed by atoms with Gasteiger partial charge in [-0.3, -0.25) is 19.7 Å². The lowest BCUT2D eigenvalue weighted by molar-refractivity contribution is -0.384. The predicted molar refractivity (Wildman–Crippen MR) is 96.5 cm³/mol. The zero-order chi connectivity index (χ0) is 20.3. The minimum absolute atomic E-state index is 0.0614. The first-order valence-corrected chi connectivity index (χ1v) is 7.89. The Morgan fingerprint density at radius 3 is 2.46 bits per heavy atom. The number of nitro groups is 1. The Balaban J connectivity index is 1.84. The Hall–Kier alpha value is -4.21. The number of rotatable bonds is 6. The van der Waals surface area contributed by atoms with Crippen molar-refractivity contribution in [3.63, 3.8) is 0 Å². The van der Waals surface area contributed by atoms with Crippen molar-refractivity contribution < 1.29 is 29.5 Å². The van der Waals surface area contributed by atoms with Crippen LogP contribution in [0.3, 0.4) is 0 Å². The average molecular weight is 383 g/mol. The maximum absolute atomic E-state index is 11.9. The third-order valence-electron chi connectivity index (χ3n) is 3.73. The van der Waals surface area contributed by atoms with Crippen LogP contribution in [0.15, 0.2) is 48.7 Å². The van der Waals surface area contributed by atoms with E-state index in [0.29, 0.717) is 22.3 Å². The zero-order valence-electron chi connectivity index (χ0n) is 14.2. The van der Waals surface area contributed by atoms with Crippen molar-refractivity contribution in [1.29, 1.82) is 0 Å². The van der Waals surface area contributed by atoms with Crippen molar-refractivity contribution in [3.8, 4) is 17.2 Å². The molecule has 142 valence electrons. The smallest absolute Gasteiger partial charge is 0.322 e. The van der Waals surface area contributed by atoms with Gasteiger partial charge in [-0.15, -0.1) is 0 Å². The van der Waals surface area contributed by atoms with Crippen molar-refractivity contribution in [2.45, 2.75) is 0 Å². The molecule has 0 aliphatic rings. The average Bonchev–Trinajstić information content (AvgIpc) is 2.66. The van der Waals surface area contributed by atoms with E-state index in [1.807, 2.05) is 0 Å². The van der Waals surface area contributed by atoms with Crippen molar-refractivity contribution >= 4 is 28.3 Å². The van der Waals surface area contributed by atoms with Gasteiger partial charge < -0.3 is 20.3 Å². The fourth-order valence-corrected chi connectivity index (χ4v) is 2.43. The number of nitro benzene ring substituents is 1. The molecule has 1 aromatic heterocycles. The van der Waals surface area contributed by atoms with E-state index in [9.17, 15) is 24.8 Å². The van der Waals surface area contributed by atoms with Gasteiger partial charge in [-0.25, -0.2) is 4.98 Å². The molecule has 0 saturated heterocycles. The number of carboxylic acid groups (broad SMARTS) is 1. The summed E-state index contributed by atoms with van der Waals surface area (Å²) in [5.74, 6) is -1.64. The van der Waals surface area contributed by atoms with Crippen LogP contribution in [0.2, 0.25) is 0 Å². The normalized spacial score (nSPS) is 10.4. The molecule has 2 aromatic carbocycles. The molecule has 0 aliphatic carbocycles. The van der Waals surface area contributed by atoms with E-state index in [-0.39, 0.29) is 17.1 Å². The molecule has 0 bridgehead atoms. The van der Waals surface area contributed by atoms with Crippen LogP contribution in [0.1, 0.15) is 10.5 Å². The van der Waals surface area contributed by atoms with Gasteiger partial charge in [0.2, 0.25) is 0 Å². The number of ether oxygens (including phenoxy) is 1. The molecule has 0 unspecified atom stereocenters. The Labute approximate surface area is 157 Å². The van der Waals surface area contributed by atoms with Crippen molar-refractivity contribution in [1.82, 2.24) is 10.3 Å². The first kappa shape index (κ1) is 18.6. The molecule has 10 nitrogen and oxygen atoms in total. The molecule has 28 heavy (non-hydrogen) atoms. The SMILES string of the molecule is O=C(O)CNC(=O)c1ncc2cc(Oc3ccc([N+](=O)[O-])cc3)ccc2c1O. The van der Waals surface area contributed by atoms with Gasteiger partial charge in [0.25, 0.3) is 11.6 Å². The van der Waals surface area contributed by atoms with Gasteiger partial charge in [-0.05, 0) is 30.3 Å². The number of pyridine rings is 1. The highest BCUT2D eigenvalue weighted by atomic mass is 16.6. The summed E-state index contributed by atoms with van der Waals surface area (Å²) in [6.07, 6.45) is 1.34. The fraction of sp³-hybridized carbons (Fsp3) is 0.0556. The van der Waals surface area contributed by atoms with Crippen molar-refractivity contribution in [2.24, 2.45) is 0 Å². The number of amides is 1. The van der Waals surface area contributed by atoms with Crippen LogP contribution in [0.25, 0.3) is 10.8 Å². The highest BCUT2D eigenvalue weighted by Crippen LogP contribution is 2.32. The number of aliphatic carboxylic acids is 1. The van der Waals surface area contributed by atoms with Gasteiger partial charge in [-0.1, -0.05) is 0 Å². The molecule has 0 radical (unpaired) electrons. The summed E-state index contributed by atoms with van der Waals surface area (Å²) in [5.41, 5.74) is -0.355. The van der Waals surface area contributed by atoms with Crippen LogP contribution in [0.4, 0.5) is 5.69 Å². The van der Waals surface area contributed by atoms with Gasteiger partial charge in [0.05, 0.1) is 4.92 Å². The first-order valence-electron chi connectivity index (χ1n) is 7.89. The van der Waals surface area contributed by atoms with E-state index in [1.54, 1.807) is 12.1 Å². The summed E-state index contributed by atoms with van der Waals surface area (Å²) in [6, 6.07) is 10.2. The fourth-order valence-electron chi connectivity index (χ4n) is 2.43. The summed E-state index contributed by atoms with van der Waals surface area (Å²) < 4.78 is 5.63. The Bertz CT molecular complexity index is 1080. The second-order valence-electron chi connectivity index (χ2n) is 5.63. The van der Waals surface area contributed by atoms with Gasteiger partial charge in [0.1, 0.15) is 18.0 Å². The molecule has 0 saturated carbocycles. The van der Waals surface area contributed by atoms with Crippen LogP contribution < -0.4 is 10.1 Å². The molecular formula is C18H13N3O7. The molecule has 0 spiro atoms. The summed E-state index contributed by atoms with van der Waals surface area (Å²) in [4.78, 5) is 36.5. The standard InChI is InChI=1S/C18H13N3O7/c22-15(23)9-20-18(25)16-17(24)14-6-5-13(7-10(14)8-19-16)28-12-3-1-11(2-4-12)21(26)27/h1-8,24H,9H2,(H,20,25)(H,22,23). The lowest BCUT2D eigenvalue weighted by Crippen LogP contribution is -2.29. The highest BCUT2D eigenvalue weighted by Gasteiger charge is 2.17. The number of fused-ring (bicyclic) bond motifs is 1. The number of hydrogen-bond donors (Lipinski definition) is 3. The quantitative estimate of drug-likeness (QED) is 0.433. The van der Waals surface area contributed by atoms with Gasteiger partial charge >= 0.3 is 5.97 Å². The minimum atomic E-state index is -1.22. The molecule has 0 fully saturated rings. The summed E-state index contributed by atoms with van der Waals surface area (Å²) in [5, 5.41) is 32.5. The molecule has 1 amide bonds. The van der Waals surface area contributed by atoms with E-state index in [1.165, 1.54) is 36.5 Å². The van der Waals surface area contributed by atoms with E-state index in [4.69, 9.17) is 9.84 Å². The second kappa shape index (κ2) is 7.58. The topological polar surface area (TPSA) is 152 Å². The van der Waals surface area contributed by atoms with E-state index < -0.39 is 23.3 Å². The van der Waals surface area contributed by atoms with E-state index in [2.05, 4.69) is 10.3 Å². The third-order valence-corrected chi connectivity index (χ3v) is 3.73. The maximum atomic E-state index is 11.9. The lowest BCUT2D eigenvalue weighted by atomic mass is 10.1. The highest BCUT2D eigenvalue weighted by molar-refractivity contribution is 6.02. The Kier molecular flexibility index (Phi) is 5.03. The van der Waals surface area contributed by atoms with Gasteiger partial charge in [-0.2, -0.15) is 0 Å². The third kappa shape index (κ3) is 3.96. The van der Waals surface area contributed by atoms with Crippen LogP contribution in [-0.4, -0.2) is 38.5 Å². The van der Waals surface area contributed by atoms with Gasteiger partial charge in [0, 0.05) is 29.1 Å². The molecule has 10 heteroatoms. The number of non-ortho nitro benzene ring substituents is 1. The minimum Gasteiger partial charge on any atom is -0.505 e. The number of carbonyl (C=O) groups is 2. The number of nitrogens with zero attached hydrogens (tertiary/aromatic N) is 2. The summed E-state index contributed by atoms with van der Waals surface area (Å²) in [6.45, 7) is -0.597. The number of carbonyl (C=O) groups excluding carboxylic acids is 1. The number of carboxylic acids is 1. The molecule has 3 aromatic rings. The predicted octanol–water partition coefficient (Wildman–Crippen LogP) is 2.46. The Morgan fingerprint density at radius 1 is 1.14 bits per heavy atom. The van der Waals surface area contributed by atoms with Crippen LogP contribution in [0.5, 0.6) is 17.2 Å². The molecular weight excluding hydrogens is 370 g/mol. The molecule has 0 aliphatic heterocycles. The van der Waals surface area contributed by atoms with Crippen LogP contribution in [-0.2, 0) is 4.79 Å². The molecule has 0 atom stereocenters. The number of nitrogens with one attached hydrogen (secondary N) is 1. The lowest BCUT2D eigenvalue weighted by Gasteiger charge is -2.09. The molecule has 3 N–H and O–H groups in total. The van der Waals surface area contributed by atoms with Crippen molar-refractivity contribution in [2.75, 3.05) is 6.54 Å². The summed E-state index contributed by atoms with van der Waals surface area (Å²) >= 11 is 0. The summed E-state index contributed by atoms with van der Waals surface area (Å²) in [7, 11) is 0. The number of hydrogen-bond acceptors (Lipinski definition) is 7. The van der Waals surface area contributed by atoms with E-state index in [0.717, 1.165) is 0 Å². The maximum Gasteiger partial charge on any atom is 0.322 e. The largest absolute Gasteiger partial charge is 0.505 e. The van der Waals surface area contributed by atoms with Gasteiger partial charge in [0.15, 0.2) is 11.4 Å². The first-order chi connectivity index (χ1) is 13.3. The van der Waals surface area contributed by atoms with E-state index >= 15 is 0 Å². The van der Waals surface area contributed by atoms with Crippen LogP contribution >= 0.6 is 0 Å². The Morgan fingerprint density at radius 2 is 1.82 bits per heavy atom. The monoisotopic (exact) mass is 383 g/mol. The zero-order valence-corrected chi connectivity index (χ0v) is 14.2. The van der Waals surface area contributed by atoms with Crippen molar-refractivity contribution in [3.05, 3.63) is 64.5 Å². The molecule has 1 heterocycles. The second-order valence-corrected chi connectivity index (χ2v) is 5.63. The number of aromatic hydroxyl groups is 1. The van der Waals surface area contributed by atoms with Crippen LogP contribution in [0, 0.1) is 10.1 Å². The molecule has 3 rings (SSSR count). The number of benzene rings is 2. The number of aromatic nitrogens is 1.